The summed E-state index contributed by atoms with van der Waals surface area (Å²) in [6.07, 6.45) is 1.01. The minimum Gasteiger partial charge on any atom is -0.495 e. The first-order chi connectivity index (χ1) is 7.17. The predicted molar refractivity (Wildman–Crippen MR) is 64.0 cm³/mol. The van der Waals surface area contributed by atoms with Crippen LogP contribution in [0.5, 0.6) is 5.75 Å². The zero-order valence-corrected chi connectivity index (χ0v) is 9.90. The number of methoxy groups -OCH3 is 1. The molecule has 1 aromatic carbocycles. The SMILES string of the molecule is CCc1c(C)[nH]c2cc(Cl)c(OC)cc12. The molecule has 0 saturated heterocycles. The van der Waals surface area contributed by atoms with Gasteiger partial charge in [0.05, 0.1) is 12.1 Å². The van der Waals surface area contributed by atoms with Gasteiger partial charge in [0.1, 0.15) is 5.75 Å². The number of hydrogen-bond donors (Lipinski definition) is 1. The Morgan fingerprint density at radius 3 is 2.73 bits per heavy atom. The lowest BCUT2D eigenvalue weighted by Crippen LogP contribution is -1.85. The van der Waals surface area contributed by atoms with Crippen molar-refractivity contribution in [1.29, 1.82) is 0 Å². The number of benzene rings is 1. The second-order valence-corrected chi connectivity index (χ2v) is 4.02. The molecule has 0 aliphatic carbocycles. The zero-order chi connectivity index (χ0) is 11.0. The zero-order valence-electron chi connectivity index (χ0n) is 9.15. The summed E-state index contributed by atoms with van der Waals surface area (Å²) < 4.78 is 5.22. The van der Waals surface area contributed by atoms with Crippen LogP contribution in [0.1, 0.15) is 18.2 Å². The summed E-state index contributed by atoms with van der Waals surface area (Å²) in [6.45, 7) is 4.23. The molecule has 0 spiro atoms. The normalized spacial score (nSPS) is 10.9. The number of ether oxygens (including phenoxy) is 1. The lowest BCUT2D eigenvalue weighted by Gasteiger charge is -2.03. The van der Waals surface area contributed by atoms with E-state index in [1.54, 1.807) is 7.11 Å². The van der Waals surface area contributed by atoms with E-state index in [-0.39, 0.29) is 0 Å². The van der Waals surface area contributed by atoms with Gasteiger partial charge in [-0.05, 0) is 31.0 Å². The standard InChI is InChI=1S/C12H14ClNO/c1-4-8-7(2)14-11-6-10(13)12(15-3)5-9(8)11/h5-6,14H,4H2,1-3H3. The molecule has 0 aliphatic heterocycles. The molecular formula is C12H14ClNO. The maximum atomic E-state index is 6.06. The molecule has 0 radical (unpaired) electrons. The van der Waals surface area contributed by atoms with E-state index in [2.05, 4.69) is 18.8 Å². The largest absolute Gasteiger partial charge is 0.495 e. The number of aromatic amines is 1. The van der Waals surface area contributed by atoms with Gasteiger partial charge in [0.25, 0.3) is 0 Å². The van der Waals surface area contributed by atoms with Gasteiger partial charge in [-0.25, -0.2) is 0 Å². The number of halogens is 1. The monoisotopic (exact) mass is 223 g/mol. The summed E-state index contributed by atoms with van der Waals surface area (Å²) in [5, 5.41) is 1.85. The fraction of sp³-hybridized carbons (Fsp3) is 0.333. The molecule has 0 bridgehead atoms. The molecule has 1 heterocycles. The molecule has 1 aromatic heterocycles. The lowest BCUT2D eigenvalue weighted by atomic mass is 10.1. The van der Waals surface area contributed by atoms with Crippen molar-refractivity contribution in [2.24, 2.45) is 0 Å². The summed E-state index contributed by atoms with van der Waals surface area (Å²) in [5.74, 6) is 0.734. The number of H-pyrrole nitrogens is 1. The van der Waals surface area contributed by atoms with Gasteiger partial charge in [0, 0.05) is 16.6 Å². The van der Waals surface area contributed by atoms with Crippen LogP contribution in [-0.2, 0) is 6.42 Å². The van der Waals surface area contributed by atoms with E-state index in [0.29, 0.717) is 5.02 Å². The quantitative estimate of drug-likeness (QED) is 0.825. The van der Waals surface area contributed by atoms with Gasteiger partial charge in [0.2, 0.25) is 0 Å². The van der Waals surface area contributed by atoms with E-state index in [1.165, 1.54) is 16.6 Å². The highest BCUT2D eigenvalue weighted by molar-refractivity contribution is 6.32. The number of fused-ring (bicyclic) bond motifs is 1. The van der Waals surface area contributed by atoms with E-state index in [0.717, 1.165) is 17.7 Å². The van der Waals surface area contributed by atoms with Gasteiger partial charge < -0.3 is 9.72 Å². The molecule has 0 unspecified atom stereocenters. The first-order valence-corrected chi connectivity index (χ1v) is 5.39. The van der Waals surface area contributed by atoms with Crippen LogP contribution in [0.15, 0.2) is 12.1 Å². The van der Waals surface area contributed by atoms with Crippen LogP contribution in [-0.4, -0.2) is 12.1 Å². The van der Waals surface area contributed by atoms with Crippen molar-refractivity contribution in [2.45, 2.75) is 20.3 Å². The van der Waals surface area contributed by atoms with Crippen molar-refractivity contribution in [3.8, 4) is 5.75 Å². The van der Waals surface area contributed by atoms with Crippen molar-refractivity contribution in [1.82, 2.24) is 4.98 Å². The van der Waals surface area contributed by atoms with E-state index >= 15 is 0 Å². The molecule has 0 saturated carbocycles. The third-order valence-electron chi connectivity index (χ3n) is 2.75. The molecule has 2 nitrogen and oxygen atoms in total. The number of aromatic nitrogens is 1. The van der Waals surface area contributed by atoms with Crippen LogP contribution in [0, 0.1) is 6.92 Å². The first kappa shape index (κ1) is 10.4. The molecule has 0 atom stereocenters. The van der Waals surface area contributed by atoms with Gasteiger partial charge in [-0.1, -0.05) is 18.5 Å². The fourth-order valence-electron chi connectivity index (χ4n) is 2.00. The summed E-state index contributed by atoms with van der Waals surface area (Å²) >= 11 is 6.06. The van der Waals surface area contributed by atoms with Crippen LogP contribution in [0.4, 0.5) is 0 Å². The molecule has 1 N–H and O–H groups in total. The Labute approximate surface area is 94.2 Å². The highest BCUT2D eigenvalue weighted by Crippen LogP contribution is 2.32. The van der Waals surface area contributed by atoms with Crippen molar-refractivity contribution in [3.63, 3.8) is 0 Å². The molecular weight excluding hydrogens is 210 g/mol. The minimum absolute atomic E-state index is 0.647. The van der Waals surface area contributed by atoms with Crippen molar-refractivity contribution < 1.29 is 4.74 Å². The molecule has 2 rings (SSSR count). The Morgan fingerprint density at radius 1 is 1.40 bits per heavy atom. The van der Waals surface area contributed by atoms with Gasteiger partial charge >= 0.3 is 0 Å². The van der Waals surface area contributed by atoms with E-state index in [9.17, 15) is 0 Å². The molecule has 0 amide bonds. The summed E-state index contributed by atoms with van der Waals surface area (Å²) in [4.78, 5) is 3.33. The molecule has 80 valence electrons. The topological polar surface area (TPSA) is 25.0 Å². The highest BCUT2D eigenvalue weighted by Gasteiger charge is 2.10. The second-order valence-electron chi connectivity index (χ2n) is 3.61. The molecule has 15 heavy (non-hydrogen) atoms. The first-order valence-electron chi connectivity index (χ1n) is 5.02. The molecule has 0 aliphatic rings. The van der Waals surface area contributed by atoms with Gasteiger partial charge in [-0.15, -0.1) is 0 Å². The van der Waals surface area contributed by atoms with Gasteiger partial charge in [0.15, 0.2) is 0 Å². The van der Waals surface area contributed by atoms with E-state index in [1.807, 2.05) is 12.1 Å². The van der Waals surface area contributed by atoms with Gasteiger partial charge in [-0.3, -0.25) is 0 Å². The maximum Gasteiger partial charge on any atom is 0.138 e. The Bertz CT molecular complexity index is 502. The van der Waals surface area contributed by atoms with Crippen LogP contribution in [0.3, 0.4) is 0 Å². The third-order valence-corrected chi connectivity index (χ3v) is 3.04. The van der Waals surface area contributed by atoms with Crippen LogP contribution in [0.25, 0.3) is 10.9 Å². The van der Waals surface area contributed by atoms with Crippen LogP contribution >= 0.6 is 11.6 Å². The Balaban J connectivity index is 2.76. The van der Waals surface area contributed by atoms with Crippen LogP contribution < -0.4 is 4.74 Å². The van der Waals surface area contributed by atoms with Crippen molar-refractivity contribution >= 4 is 22.5 Å². The second kappa shape index (κ2) is 3.78. The molecule has 2 aromatic rings. The smallest absolute Gasteiger partial charge is 0.138 e. The fourth-order valence-corrected chi connectivity index (χ4v) is 2.24. The van der Waals surface area contributed by atoms with Crippen molar-refractivity contribution in [3.05, 3.63) is 28.4 Å². The highest BCUT2D eigenvalue weighted by atomic mass is 35.5. The summed E-state index contributed by atoms with van der Waals surface area (Å²) in [6, 6.07) is 3.92. The molecule has 0 fully saturated rings. The Morgan fingerprint density at radius 2 is 2.13 bits per heavy atom. The van der Waals surface area contributed by atoms with E-state index in [4.69, 9.17) is 16.3 Å². The number of hydrogen-bond acceptors (Lipinski definition) is 1. The summed E-state index contributed by atoms with van der Waals surface area (Å²) in [7, 11) is 1.64. The van der Waals surface area contributed by atoms with Crippen molar-refractivity contribution in [2.75, 3.05) is 7.11 Å². The molecule has 3 heteroatoms. The maximum absolute atomic E-state index is 6.06. The Hall–Kier alpha value is -1.15. The van der Waals surface area contributed by atoms with E-state index < -0.39 is 0 Å². The average Bonchev–Trinajstić information content (AvgIpc) is 2.51. The number of rotatable bonds is 2. The minimum atomic E-state index is 0.647. The number of nitrogens with one attached hydrogen (secondary N) is 1. The van der Waals surface area contributed by atoms with Crippen LogP contribution in [0.2, 0.25) is 5.02 Å². The third kappa shape index (κ3) is 1.59. The average molecular weight is 224 g/mol. The van der Waals surface area contributed by atoms with Gasteiger partial charge in [-0.2, -0.15) is 0 Å². The number of aryl methyl sites for hydroxylation is 2. The lowest BCUT2D eigenvalue weighted by molar-refractivity contribution is 0.415. The summed E-state index contributed by atoms with van der Waals surface area (Å²) in [5.41, 5.74) is 3.62. The predicted octanol–water partition coefficient (Wildman–Crippen LogP) is 3.70. The Kier molecular flexibility index (Phi) is 2.61.